The van der Waals surface area contributed by atoms with Crippen LogP contribution in [0.4, 0.5) is 4.79 Å². The third-order valence-corrected chi connectivity index (χ3v) is 7.31. The second kappa shape index (κ2) is 14.0. The number of rotatable bonds is 11. The Morgan fingerprint density at radius 3 is 2.12 bits per heavy atom. The van der Waals surface area contributed by atoms with Crippen molar-refractivity contribution in [1.29, 1.82) is 0 Å². The van der Waals surface area contributed by atoms with Gasteiger partial charge >= 0.3 is 12.0 Å². The topological polar surface area (TPSA) is 95.9 Å². The number of ether oxygens (including phenoxy) is 1. The number of thioether (sulfide) groups is 1. The molecule has 204 valence electrons. The Hall–Kier alpha value is -4.56. The standard InChI is InChI=1S/C32H30N2O5S/c1-39-28-17-15-23(16-18-28)20-34(30(35)27-14-8-13-26(19-27)25-11-6-3-7-12-25)32(38)33-29(31(36)37)22-40-21-24-9-4-2-5-10-24/h2-19,29H,20-22H2,1H3,(H,33,38)(H,36,37)/t29-/m0/s1. The molecule has 0 unspecified atom stereocenters. The highest BCUT2D eigenvalue weighted by Gasteiger charge is 2.28. The van der Waals surface area contributed by atoms with Crippen molar-refractivity contribution in [2.75, 3.05) is 12.9 Å². The summed E-state index contributed by atoms with van der Waals surface area (Å²) in [4.78, 5) is 40.3. The number of hydrogen-bond donors (Lipinski definition) is 2. The lowest BCUT2D eigenvalue weighted by Crippen LogP contribution is -2.50. The normalized spacial score (nSPS) is 11.3. The van der Waals surface area contributed by atoms with Gasteiger partial charge in [-0.25, -0.2) is 9.59 Å². The van der Waals surface area contributed by atoms with Crippen LogP contribution in [0, 0.1) is 0 Å². The fourth-order valence-corrected chi connectivity index (χ4v) is 5.05. The van der Waals surface area contributed by atoms with E-state index in [9.17, 15) is 19.5 Å². The minimum Gasteiger partial charge on any atom is -0.497 e. The van der Waals surface area contributed by atoms with Crippen LogP contribution in [0.15, 0.2) is 109 Å². The summed E-state index contributed by atoms with van der Waals surface area (Å²) in [6, 6.07) is 31.4. The number of imide groups is 1. The molecular formula is C32H30N2O5S. The quantitative estimate of drug-likeness (QED) is 0.233. The molecule has 0 aliphatic rings. The molecule has 4 aromatic rings. The minimum absolute atomic E-state index is 0.0479. The first-order chi connectivity index (χ1) is 19.4. The molecule has 0 aliphatic carbocycles. The molecule has 4 aromatic carbocycles. The maximum Gasteiger partial charge on any atom is 0.327 e. The van der Waals surface area contributed by atoms with Gasteiger partial charge in [0.2, 0.25) is 0 Å². The predicted molar refractivity (Wildman–Crippen MR) is 157 cm³/mol. The van der Waals surface area contributed by atoms with Crippen LogP contribution in [0.2, 0.25) is 0 Å². The molecule has 0 bridgehead atoms. The van der Waals surface area contributed by atoms with Crippen LogP contribution in [-0.4, -0.2) is 46.8 Å². The summed E-state index contributed by atoms with van der Waals surface area (Å²) in [6.45, 7) is -0.0479. The van der Waals surface area contributed by atoms with Crippen LogP contribution in [0.25, 0.3) is 11.1 Å². The maximum absolute atomic E-state index is 13.7. The number of methoxy groups -OCH3 is 1. The van der Waals surface area contributed by atoms with Gasteiger partial charge in [0.15, 0.2) is 0 Å². The first-order valence-corrected chi connectivity index (χ1v) is 13.9. The van der Waals surface area contributed by atoms with Crippen LogP contribution in [-0.2, 0) is 17.1 Å². The van der Waals surface area contributed by atoms with E-state index in [4.69, 9.17) is 4.74 Å². The predicted octanol–water partition coefficient (Wildman–Crippen LogP) is 6.10. The highest BCUT2D eigenvalue weighted by atomic mass is 32.2. The second-order valence-corrected chi connectivity index (χ2v) is 10.1. The van der Waals surface area contributed by atoms with Gasteiger partial charge < -0.3 is 15.2 Å². The summed E-state index contributed by atoms with van der Waals surface area (Å²) in [7, 11) is 1.56. The van der Waals surface area contributed by atoms with E-state index in [1.165, 1.54) is 11.8 Å². The molecule has 4 rings (SSSR count). The molecule has 0 aromatic heterocycles. The number of urea groups is 1. The zero-order valence-electron chi connectivity index (χ0n) is 22.0. The van der Waals surface area contributed by atoms with E-state index in [2.05, 4.69) is 5.32 Å². The van der Waals surface area contributed by atoms with E-state index in [0.29, 0.717) is 22.6 Å². The van der Waals surface area contributed by atoms with Crippen molar-refractivity contribution in [3.8, 4) is 16.9 Å². The van der Waals surface area contributed by atoms with Gasteiger partial charge in [-0.2, -0.15) is 11.8 Å². The first kappa shape index (κ1) is 28.4. The molecule has 0 saturated heterocycles. The lowest BCUT2D eigenvalue weighted by atomic mass is 10.0. The fourth-order valence-electron chi connectivity index (χ4n) is 4.04. The van der Waals surface area contributed by atoms with Crippen LogP contribution in [0.3, 0.4) is 0 Å². The van der Waals surface area contributed by atoms with Gasteiger partial charge in [-0.1, -0.05) is 84.9 Å². The van der Waals surface area contributed by atoms with Crippen LogP contribution < -0.4 is 10.1 Å². The number of carbonyl (C=O) groups excluding carboxylic acids is 2. The second-order valence-electron chi connectivity index (χ2n) is 9.03. The van der Waals surface area contributed by atoms with E-state index in [0.717, 1.165) is 21.6 Å². The SMILES string of the molecule is COc1ccc(CN(C(=O)N[C@@H](CSCc2ccccc2)C(=O)O)C(=O)c2cccc(-c3ccccc3)c2)cc1. The third kappa shape index (κ3) is 7.74. The molecule has 0 saturated carbocycles. The molecule has 0 spiro atoms. The van der Waals surface area contributed by atoms with Crippen molar-refractivity contribution in [3.63, 3.8) is 0 Å². The Kier molecular flexibility index (Phi) is 9.96. The minimum atomic E-state index is -1.18. The van der Waals surface area contributed by atoms with Gasteiger partial charge in [0.05, 0.1) is 13.7 Å². The number of amides is 3. The number of carboxylic acids is 1. The Labute approximate surface area is 237 Å². The Morgan fingerprint density at radius 2 is 1.48 bits per heavy atom. The molecule has 0 fully saturated rings. The average molecular weight is 555 g/mol. The molecule has 8 heteroatoms. The van der Waals surface area contributed by atoms with Gasteiger partial charge in [-0.3, -0.25) is 9.69 Å². The number of carboxylic acid groups (broad SMARTS) is 1. The number of hydrogen-bond acceptors (Lipinski definition) is 5. The van der Waals surface area contributed by atoms with Crippen molar-refractivity contribution in [2.45, 2.75) is 18.3 Å². The summed E-state index contributed by atoms with van der Waals surface area (Å²) >= 11 is 1.40. The van der Waals surface area contributed by atoms with Gasteiger partial charge in [-0.05, 0) is 46.5 Å². The highest BCUT2D eigenvalue weighted by Crippen LogP contribution is 2.22. The van der Waals surface area contributed by atoms with Gasteiger partial charge in [0, 0.05) is 17.1 Å². The summed E-state index contributed by atoms with van der Waals surface area (Å²) in [5.41, 5.74) is 3.82. The zero-order valence-corrected chi connectivity index (χ0v) is 22.8. The van der Waals surface area contributed by atoms with Gasteiger partial charge in [0.25, 0.3) is 5.91 Å². The molecule has 0 aliphatic heterocycles. The Balaban J connectivity index is 1.55. The monoisotopic (exact) mass is 554 g/mol. The molecule has 7 nitrogen and oxygen atoms in total. The molecule has 1 atom stereocenters. The third-order valence-electron chi connectivity index (χ3n) is 6.20. The van der Waals surface area contributed by atoms with Gasteiger partial charge in [-0.15, -0.1) is 0 Å². The average Bonchev–Trinajstić information content (AvgIpc) is 3.00. The zero-order chi connectivity index (χ0) is 28.3. The maximum atomic E-state index is 13.7. The van der Waals surface area contributed by atoms with Crippen molar-refractivity contribution in [1.82, 2.24) is 10.2 Å². The number of benzene rings is 4. The van der Waals surface area contributed by atoms with Crippen molar-refractivity contribution in [3.05, 3.63) is 126 Å². The van der Waals surface area contributed by atoms with Crippen LogP contribution in [0.5, 0.6) is 5.75 Å². The van der Waals surface area contributed by atoms with Gasteiger partial charge in [0.1, 0.15) is 11.8 Å². The molecule has 0 radical (unpaired) electrons. The summed E-state index contributed by atoms with van der Waals surface area (Å²) < 4.78 is 5.21. The van der Waals surface area contributed by atoms with E-state index < -0.39 is 23.9 Å². The fraction of sp³-hybridized carbons (Fsp3) is 0.156. The smallest absolute Gasteiger partial charge is 0.327 e. The summed E-state index contributed by atoms with van der Waals surface area (Å²) in [5.74, 6) is -0.322. The van der Waals surface area contributed by atoms with E-state index >= 15 is 0 Å². The first-order valence-electron chi connectivity index (χ1n) is 12.7. The van der Waals surface area contributed by atoms with Crippen molar-refractivity contribution < 1.29 is 24.2 Å². The number of nitrogens with zero attached hydrogens (tertiary/aromatic N) is 1. The lowest BCUT2D eigenvalue weighted by molar-refractivity contribution is -0.138. The van der Waals surface area contributed by atoms with Crippen LogP contribution >= 0.6 is 11.8 Å². The highest BCUT2D eigenvalue weighted by molar-refractivity contribution is 7.98. The molecule has 3 amide bonds. The van der Waals surface area contributed by atoms with Crippen molar-refractivity contribution in [2.24, 2.45) is 0 Å². The molecule has 0 heterocycles. The van der Waals surface area contributed by atoms with E-state index in [-0.39, 0.29) is 12.3 Å². The van der Waals surface area contributed by atoms with Crippen LogP contribution in [0.1, 0.15) is 21.5 Å². The summed E-state index contributed by atoms with van der Waals surface area (Å²) in [6.07, 6.45) is 0. The van der Waals surface area contributed by atoms with E-state index in [1.54, 1.807) is 49.6 Å². The van der Waals surface area contributed by atoms with Crippen molar-refractivity contribution >= 4 is 29.7 Å². The number of nitrogens with one attached hydrogen (secondary N) is 1. The summed E-state index contributed by atoms with van der Waals surface area (Å²) in [5, 5.41) is 12.4. The van der Waals surface area contributed by atoms with E-state index in [1.807, 2.05) is 66.7 Å². The Bertz CT molecular complexity index is 1430. The lowest BCUT2D eigenvalue weighted by Gasteiger charge is -2.24. The largest absolute Gasteiger partial charge is 0.497 e. The molecular weight excluding hydrogens is 524 g/mol. The number of carbonyl (C=O) groups is 3. The Morgan fingerprint density at radius 1 is 0.825 bits per heavy atom. The number of aliphatic carboxylic acids is 1. The molecule has 40 heavy (non-hydrogen) atoms. The molecule has 2 N–H and O–H groups in total.